The molecule has 1 aromatic carbocycles. The summed E-state index contributed by atoms with van der Waals surface area (Å²) in [6, 6.07) is 7.71. The van der Waals surface area contributed by atoms with E-state index in [2.05, 4.69) is 39.0 Å². The maximum Gasteiger partial charge on any atom is 0.356 e. The summed E-state index contributed by atoms with van der Waals surface area (Å²) < 4.78 is 15.9. The van der Waals surface area contributed by atoms with Gasteiger partial charge in [0.25, 0.3) is 0 Å². The average molecular weight is 425 g/mol. The highest BCUT2D eigenvalue weighted by Crippen LogP contribution is 2.26. The minimum absolute atomic E-state index is 0.133. The van der Waals surface area contributed by atoms with Crippen LogP contribution in [-0.2, 0) is 9.47 Å². The number of nitrogens with one attached hydrogen (secondary N) is 2. The van der Waals surface area contributed by atoms with Gasteiger partial charge in [0.2, 0.25) is 0 Å². The second-order valence-corrected chi connectivity index (χ2v) is 7.48. The number of ether oxygens (including phenoxy) is 3. The monoisotopic (exact) mass is 425 g/mol. The number of nitrogens with zero attached hydrogens (tertiary/aromatic N) is 3. The molecule has 31 heavy (non-hydrogen) atoms. The number of methoxy groups -OCH3 is 1. The number of hydrogen-bond acceptors (Lipinski definition) is 8. The van der Waals surface area contributed by atoms with Gasteiger partial charge in [0, 0.05) is 48.0 Å². The van der Waals surface area contributed by atoms with Crippen molar-refractivity contribution in [1.82, 2.24) is 19.9 Å². The van der Waals surface area contributed by atoms with E-state index in [-0.39, 0.29) is 11.7 Å². The minimum atomic E-state index is -0.545. The fourth-order valence-corrected chi connectivity index (χ4v) is 3.54. The molecule has 2 aromatic heterocycles. The Morgan fingerprint density at radius 1 is 1.23 bits per heavy atom. The lowest BCUT2D eigenvalue weighted by atomic mass is 10.1. The van der Waals surface area contributed by atoms with Crippen LogP contribution in [0.4, 0.5) is 11.5 Å². The predicted molar refractivity (Wildman–Crippen MR) is 117 cm³/mol. The van der Waals surface area contributed by atoms with E-state index in [1.165, 1.54) is 12.7 Å². The first-order valence-electron chi connectivity index (χ1n) is 10.3. The predicted octanol–water partition coefficient (Wildman–Crippen LogP) is 2.82. The van der Waals surface area contributed by atoms with Crippen LogP contribution in [0.1, 0.15) is 21.7 Å². The van der Waals surface area contributed by atoms with Crippen molar-refractivity contribution in [2.45, 2.75) is 13.8 Å². The summed E-state index contributed by atoms with van der Waals surface area (Å²) in [6.45, 7) is 8.49. The van der Waals surface area contributed by atoms with Gasteiger partial charge in [0.1, 0.15) is 12.4 Å². The van der Waals surface area contributed by atoms with Crippen molar-refractivity contribution in [3.63, 3.8) is 0 Å². The number of aromatic amines is 1. The van der Waals surface area contributed by atoms with Gasteiger partial charge in [-0.25, -0.2) is 4.79 Å². The van der Waals surface area contributed by atoms with Crippen LogP contribution >= 0.6 is 0 Å². The van der Waals surface area contributed by atoms with Crippen molar-refractivity contribution < 1.29 is 19.0 Å². The lowest BCUT2D eigenvalue weighted by Crippen LogP contribution is -2.38. The van der Waals surface area contributed by atoms with Crippen molar-refractivity contribution >= 4 is 28.4 Å². The molecule has 0 radical (unpaired) electrons. The van der Waals surface area contributed by atoms with Gasteiger partial charge >= 0.3 is 12.0 Å². The Bertz CT molecular complexity index is 1080. The fraction of sp³-hybridized carbons (Fsp3) is 0.409. The first-order valence-corrected chi connectivity index (χ1v) is 10.3. The Morgan fingerprint density at radius 2 is 2.03 bits per heavy atom. The van der Waals surface area contributed by atoms with Gasteiger partial charge in [-0.15, -0.1) is 0 Å². The van der Waals surface area contributed by atoms with Crippen molar-refractivity contribution in [2.24, 2.45) is 0 Å². The Kier molecular flexibility index (Phi) is 6.34. The molecule has 0 atom stereocenters. The molecule has 1 aliphatic heterocycles. The molecule has 1 fully saturated rings. The highest BCUT2D eigenvalue weighted by molar-refractivity contribution is 5.89. The summed E-state index contributed by atoms with van der Waals surface area (Å²) in [6.07, 6.45) is 0. The highest BCUT2D eigenvalue weighted by Gasteiger charge is 2.15. The van der Waals surface area contributed by atoms with E-state index in [0.29, 0.717) is 12.4 Å². The van der Waals surface area contributed by atoms with Crippen molar-refractivity contribution in [3.8, 4) is 6.01 Å². The summed E-state index contributed by atoms with van der Waals surface area (Å²) in [5, 5.41) is 4.38. The lowest BCUT2D eigenvalue weighted by molar-refractivity contribution is 0.0316. The van der Waals surface area contributed by atoms with E-state index in [4.69, 9.17) is 14.2 Å². The first-order chi connectivity index (χ1) is 15.0. The number of fused-ring (bicyclic) bond motifs is 1. The minimum Gasteiger partial charge on any atom is -0.464 e. The van der Waals surface area contributed by atoms with E-state index >= 15 is 0 Å². The van der Waals surface area contributed by atoms with Crippen molar-refractivity contribution in [3.05, 3.63) is 41.2 Å². The van der Waals surface area contributed by atoms with Gasteiger partial charge in [-0.05, 0) is 37.6 Å². The topological polar surface area (TPSA) is 102 Å². The second-order valence-electron chi connectivity index (χ2n) is 7.48. The molecule has 0 saturated carbocycles. The van der Waals surface area contributed by atoms with Gasteiger partial charge in [-0.2, -0.15) is 9.97 Å². The Balaban J connectivity index is 1.52. The molecule has 3 aromatic rings. The van der Waals surface area contributed by atoms with E-state index < -0.39 is 5.97 Å². The van der Waals surface area contributed by atoms with Gasteiger partial charge < -0.3 is 24.5 Å². The number of rotatable bonds is 7. The molecule has 1 aliphatic rings. The number of esters is 1. The van der Waals surface area contributed by atoms with Gasteiger partial charge in [-0.3, -0.25) is 4.90 Å². The molecule has 0 bridgehead atoms. The second kappa shape index (κ2) is 9.32. The largest absolute Gasteiger partial charge is 0.464 e. The SMILES string of the molecule is COC(=O)c1cc(Nc2ccc3[nH]c(C)c(C)c3c2)nc(OCCN2CCOCC2)n1. The van der Waals surface area contributed by atoms with Crippen LogP contribution in [0.25, 0.3) is 10.9 Å². The average Bonchev–Trinajstić information content (AvgIpc) is 3.07. The molecule has 0 aliphatic carbocycles. The zero-order valence-electron chi connectivity index (χ0n) is 18.0. The Hall–Kier alpha value is -3.17. The molecule has 0 unspecified atom stereocenters. The maximum absolute atomic E-state index is 12.1. The van der Waals surface area contributed by atoms with Crippen LogP contribution < -0.4 is 10.1 Å². The maximum atomic E-state index is 12.1. The molecule has 0 amide bonds. The van der Waals surface area contributed by atoms with Crippen LogP contribution in [0.15, 0.2) is 24.3 Å². The fourth-order valence-electron chi connectivity index (χ4n) is 3.54. The van der Waals surface area contributed by atoms with Crippen molar-refractivity contribution in [2.75, 3.05) is 51.9 Å². The molecular weight excluding hydrogens is 398 g/mol. The van der Waals surface area contributed by atoms with E-state index in [1.54, 1.807) is 6.07 Å². The standard InChI is InChI=1S/C22H27N5O4/c1-14-15(2)23-18-5-4-16(12-17(14)18)24-20-13-19(21(28)29-3)25-22(26-20)31-11-8-27-6-9-30-10-7-27/h4-5,12-13,23H,6-11H2,1-3H3,(H,24,25,26). The lowest BCUT2D eigenvalue weighted by Gasteiger charge is -2.26. The van der Waals surface area contributed by atoms with Crippen molar-refractivity contribution in [1.29, 1.82) is 0 Å². The Morgan fingerprint density at radius 3 is 2.81 bits per heavy atom. The van der Waals surface area contributed by atoms with Gasteiger partial charge in [-0.1, -0.05) is 0 Å². The highest BCUT2D eigenvalue weighted by atomic mass is 16.5. The number of anilines is 2. The normalized spacial score (nSPS) is 14.5. The number of benzene rings is 1. The van der Waals surface area contributed by atoms with Crippen LogP contribution in [0.2, 0.25) is 0 Å². The molecule has 164 valence electrons. The molecule has 3 heterocycles. The quantitative estimate of drug-likeness (QED) is 0.557. The van der Waals surface area contributed by atoms with Crippen LogP contribution in [0.5, 0.6) is 6.01 Å². The third kappa shape index (κ3) is 4.95. The number of carbonyl (C=O) groups is 1. The number of morpholine rings is 1. The number of aromatic nitrogens is 3. The van der Waals surface area contributed by atoms with E-state index in [0.717, 1.165) is 55.1 Å². The molecule has 9 heteroatoms. The van der Waals surface area contributed by atoms with Crippen LogP contribution in [-0.4, -0.2) is 72.4 Å². The molecule has 0 spiro atoms. The van der Waals surface area contributed by atoms with Crippen LogP contribution in [0, 0.1) is 13.8 Å². The van der Waals surface area contributed by atoms with E-state index in [1.807, 2.05) is 18.2 Å². The summed E-state index contributed by atoms with van der Waals surface area (Å²) in [4.78, 5) is 26.3. The zero-order chi connectivity index (χ0) is 21.8. The number of carbonyl (C=O) groups excluding carboxylic acids is 1. The number of H-pyrrole nitrogens is 1. The molecule has 9 nitrogen and oxygen atoms in total. The van der Waals surface area contributed by atoms with Gasteiger partial charge in [0.15, 0.2) is 5.69 Å². The third-order valence-corrected chi connectivity index (χ3v) is 5.42. The summed E-state index contributed by atoms with van der Waals surface area (Å²) in [7, 11) is 1.32. The van der Waals surface area contributed by atoms with Gasteiger partial charge in [0.05, 0.1) is 20.3 Å². The number of hydrogen-bond donors (Lipinski definition) is 2. The summed E-state index contributed by atoms with van der Waals surface area (Å²) in [5.41, 5.74) is 4.40. The summed E-state index contributed by atoms with van der Waals surface area (Å²) in [5.74, 6) is -0.0860. The number of aryl methyl sites for hydroxylation is 2. The Labute approximate surface area is 180 Å². The van der Waals surface area contributed by atoms with Crippen LogP contribution in [0.3, 0.4) is 0 Å². The molecule has 1 saturated heterocycles. The molecule has 4 rings (SSSR count). The smallest absolute Gasteiger partial charge is 0.356 e. The summed E-state index contributed by atoms with van der Waals surface area (Å²) >= 11 is 0. The first kappa shape index (κ1) is 21.1. The molecule has 2 N–H and O–H groups in total. The zero-order valence-corrected chi connectivity index (χ0v) is 18.0. The molecular formula is C22H27N5O4. The van der Waals surface area contributed by atoms with E-state index in [9.17, 15) is 4.79 Å². The third-order valence-electron chi connectivity index (χ3n) is 5.42.